The zero-order chi connectivity index (χ0) is 18.6. The molecular formula is C23H27N3O. The maximum absolute atomic E-state index is 13.0. The molecule has 1 aliphatic rings. The molecule has 1 aromatic heterocycles. The van der Waals surface area contributed by atoms with Crippen molar-refractivity contribution in [2.75, 3.05) is 13.1 Å². The predicted octanol–water partition coefficient (Wildman–Crippen LogP) is 4.47. The molecule has 0 saturated carbocycles. The second kappa shape index (κ2) is 7.95. The Kier molecular flexibility index (Phi) is 5.23. The van der Waals surface area contributed by atoms with Gasteiger partial charge in [-0.05, 0) is 42.9 Å². The first kappa shape index (κ1) is 17.8. The molecule has 27 heavy (non-hydrogen) atoms. The molecule has 4 heteroatoms. The number of piperidine rings is 1. The largest absolute Gasteiger partial charge is 0.342 e. The van der Waals surface area contributed by atoms with E-state index in [4.69, 9.17) is 0 Å². The van der Waals surface area contributed by atoms with Crippen molar-refractivity contribution in [3.63, 3.8) is 0 Å². The van der Waals surface area contributed by atoms with Gasteiger partial charge in [0, 0.05) is 19.6 Å². The number of hydrogen-bond donors (Lipinski definition) is 0. The lowest BCUT2D eigenvalue weighted by atomic mass is 9.92. The Morgan fingerprint density at radius 2 is 1.78 bits per heavy atom. The van der Waals surface area contributed by atoms with E-state index in [2.05, 4.69) is 51.7 Å². The van der Waals surface area contributed by atoms with Crippen molar-refractivity contribution in [3.8, 4) is 0 Å². The van der Waals surface area contributed by atoms with Gasteiger partial charge in [-0.25, -0.2) is 4.98 Å². The highest BCUT2D eigenvalue weighted by Gasteiger charge is 2.28. The van der Waals surface area contributed by atoms with E-state index in [1.165, 1.54) is 5.52 Å². The third-order valence-corrected chi connectivity index (χ3v) is 5.82. The smallest absolute Gasteiger partial charge is 0.230 e. The van der Waals surface area contributed by atoms with Crippen LogP contribution < -0.4 is 0 Å². The first-order chi connectivity index (χ1) is 13.3. The first-order valence-corrected chi connectivity index (χ1v) is 10.00. The molecule has 1 unspecified atom stereocenters. The molecule has 140 valence electrons. The third kappa shape index (κ3) is 3.75. The number of amides is 1. The lowest BCUT2D eigenvalue weighted by Crippen LogP contribution is -2.41. The number of likely N-dealkylation sites (tertiary alicyclic amines) is 1. The zero-order valence-electron chi connectivity index (χ0n) is 15.9. The number of aromatic nitrogens is 2. The molecular weight excluding hydrogens is 334 g/mol. The van der Waals surface area contributed by atoms with Gasteiger partial charge in [0.25, 0.3) is 0 Å². The molecule has 0 spiro atoms. The molecule has 0 aliphatic carbocycles. The van der Waals surface area contributed by atoms with Crippen LogP contribution in [0.1, 0.15) is 37.7 Å². The molecule has 2 aromatic carbocycles. The molecule has 0 bridgehead atoms. The van der Waals surface area contributed by atoms with E-state index < -0.39 is 0 Å². The van der Waals surface area contributed by atoms with Gasteiger partial charge < -0.3 is 9.47 Å². The van der Waals surface area contributed by atoms with E-state index >= 15 is 0 Å². The monoisotopic (exact) mass is 361 g/mol. The number of fused-ring (bicyclic) bond motifs is 1. The lowest BCUT2D eigenvalue weighted by molar-refractivity contribution is -0.134. The molecule has 1 fully saturated rings. The van der Waals surface area contributed by atoms with Crippen LogP contribution in [0.5, 0.6) is 0 Å². The van der Waals surface area contributed by atoms with Gasteiger partial charge >= 0.3 is 0 Å². The SMILES string of the molecule is CCC(C(=O)N1CCC(Cn2cnc3ccccc32)CC1)c1ccccc1. The highest BCUT2D eigenvalue weighted by atomic mass is 16.2. The second-order valence-corrected chi connectivity index (χ2v) is 7.53. The minimum absolute atomic E-state index is 0.0136. The van der Waals surface area contributed by atoms with Crippen molar-refractivity contribution < 1.29 is 4.79 Å². The Morgan fingerprint density at radius 1 is 1.07 bits per heavy atom. The van der Waals surface area contributed by atoms with Gasteiger partial charge in [0.15, 0.2) is 0 Å². The summed E-state index contributed by atoms with van der Waals surface area (Å²) in [4.78, 5) is 19.6. The minimum Gasteiger partial charge on any atom is -0.342 e. The van der Waals surface area contributed by atoms with Gasteiger partial charge in [0.05, 0.1) is 23.3 Å². The highest BCUT2D eigenvalue weighted by Crippen LogP contribution is 2.27. The number of nitrogens with zero attached hydrogens (tertiary/aromatic N) is 3. The van der Waals surface area contributed by atoms with Crippen molar-refractivity contribution >= 4 is 16.9 Å². The van der Waals surface area contributed by atoms with E-state index in [0.29, 0.717) is 5.92 Å². The Bertz CT molecular complexity index is 894. The molecule has 1 atom stereocenters. The van der Waals surface area contributed by atoms with Crippen molar-refractivity contribution in [1.82, 2.24) is 14.5 Å². The normalized spacial score (nSPS) is 16.6. The molecule has 3 aromatic rings. The van der Waals surface area contributed by atoms with Crippen LogP contribution in [-0.2, 0) is 11.3 Å². The quantitative estimate of drug-likeness (QED) is 0.672. The Hall–Kier alpha value is -2.62. The standard InChI is InChI=1S/C23H27N3O/c1-2-20(19-8-4-3-5-9-19)23(27)25-14-12-18(13-15-25)16-26-17-24-21-10-6-7-11-22(21)26/h3-11,17-18,20H,2,12-16H2,1H3. The van der Waals surface area contributed by atoms with Crippen LogP contribution >= 0.6 is 0 Å². The van der Waals surface area contributed by atoms with Crippen molar-refractivity contribution in [2.45, 2.75) is 38.6 Å². The fourth-order valence-electron chi connectivity index (χ4n) is 4.23. The van der Waals surface area contributed by atoms with Crippen LogP contribution in [0, 0.1) is 5.92 Å². The molecule has 2 heterocycles. The number of hydrogen-bond acceptors (Lipinski definition) is 2. The summed E-state index contributed by atoms with van der Waals surface area (Å²) in [6, 6.07) is 18.5. The van der Waals surface area contributed by atoms with Crippen LogP contribution in [0.25, 0.3) is 11.0 Å². The van der Waals surface area contributed by atoms with Crippen molar-refractivity contribution in [3.05, 3.63) is 66.5 Å². The number of benzene rings is 2. The van der Waals surface area contributed by atoms with Gasteiger partial charge in [-0.3, -0.25) is 4.79 Å². The van der Waals surface area contributed by atoms with E-state index in [9.17, 15) is 4.79 Å². The summed E-state index contributed by atoms with van der Waals surface area (Å²) in [5.41, 5.74) is 3.39. The van der Waals surface area contributed by atoms with Gasteiger partial charge in [0.2, 0.25) is 5.91 Å². The Labute approximate surface area is 160 Å². The highest BCUT2D eigenvalue weighted by molar-refractivity contribution is 5.83. The van der Waals surface area contributed by atoms with Crippen LogP contribution in [0.2, 0.25) is 0 Å². The Morgan fingerprint density at radius 3 is 2.52 bits per heavy atom. The third-order valence-electron chi connectivity index (χ3n) is 5.82. The van der Waals surface area contributed by atoms with Crippen molar-refractivity contribution in [1.29, 1.82) is 0 Å². The summed E-state index contributed by atoms with van der Waals surface area (Å²) < 4.78 is 2.26. The summed E-state index contributed by atoms with van der Waals surface area (Å²) in [5, 5.41) is 0. The number of carbonyl (C=O) groups is 1. The molecule has 1 amide bonds. The van der Waals surface area contributed by atoms with Crippen LogP contribution in [0.15, 0.2) is 60.9 Å². The summed E-state index contributed by atoms with van der Waals surface area (Å²) >= 11 is 0. The first-order valence-electron chi connectivity index (χ1n) is 10.00. The minimum atomic E-state index is -0.0136. The van der Waals surface area contributed by atoms with E-state index in [-0.39, 0.29) is 11.8 Å². The zero-order valence-corrected chi connectivity index (χ0v) is 15.9. The van der Waals surface area contributed by atoms with E-state index in [1.54, 1.807) is 0 Å². The molecule has 0 N–H and O–H groups in total. The lowest BCUT2D eigenvalue weighted by Gasteiger charge is -2.34. The maximum Gasteiger partial charge on any atom is 0.230 e. The molecule has 0 radical (unpaired) electrons. The number of imidazole rings is 1. The van der Waals surface area contributed by atoms with Gasteiger partial charge in [0.1, 0.15) is 0 Å². The summed E-state index contributed by atoms with van der Waals surface area (Å²) in [6.07, 6.45) is 4.92. The fourth-order valence-corrected chi connectivity index (χ4v) is 4.23. The fraction of sp³-hybridized carbons (Fsp3) is 0.391. The second-order valence-electron chi connectivity index (χ2n) is 7.53. The molecule has 4 rings (SSSR count). The van der Waals surface area contributed by atoms with Crippen molar-refractivity contribution in [2.24, 2.45) is 5.92 Å². The molecule has 1 saturated heterocycles. The van der Waals surface area contributed by atoms with Crippen LogP contribution in [0.3, 0.4) is 0 Å². The number of para-hydroxylation sites is 2. The summed E-state index contributed by atoms with van der Waals surface area (Å²) in [7, 11) is 0. The van der Waals surface area contributed by atoms with Gasteiger partial charge in [-0.2, -0.15) is 0 Å². The molecule has 1 aliphatic heterocycles. The number of carbonyl (C=O) groups excluding carboxylic acids is 1. The van der Waals surface area contributed by atoms with E-state index in [0.717, 1.165) is 50.0 Å². The number of rotatable bonds is 5. The van der Waals surface area contributed by atoms with Gasteiger partial charge in [-0.15, -0.1) is 0 Å². The average Bonchev–Trinajstić information content (AvgIpc) is 3.13. The summed E-state index contributed by atoms with van der Waals surface area (Å²) in [5.74, 6) is 0.874. The maximum atomic E-state index is 13.0. The van der Waals surface area contributed by atoms with Crippen LogP contribution in [-0.4, -0.2) is 33.4 Å². The molecule has 4 nitrogen and oxygen atoms in total. The van der Waals surface area contributed by atoms with Crippen LogP contribution in [0.4, 0.5) is 0 Å². The van der Waals surface area contributed by atoms with Gasteiger partial charge in [-0.1, -0.05) is 49.4 Å². The average molecular weight is 361 g/mol. The topological polar surface area (TPSA) is 38.1 Å². The Balaban J connectivity index is 1.37. The van der Waals surface area contributed by atoms with E-state index in [1.807, 2.05) is 30.6 Å². The predicted molar refractivity (Wildman–Crippen MR) is 109 cm³/mol. The summed E-state index contributed by atoms with van der Waals surface area (Å²) in [6.45, 7) is 4.81.